The van der Waals surface area contributed by atoms with E-state index in [1.54, 1.807) is 12.1 Å². The first-order valence-electron chi connectivity index (χ1n) is 5.81. The van der Waals surface area contributed by atoms with Crippen LogP contribution in [0.4, 0.5) is 0 Å². The van der Waals surface area contributed by atoms with Gasteiger partial charge in [-0.1, -0.05) is 18.2 Å². The molecule has 0 saturated carbocycles. The van der Waals surface area contributed by atoms with Gasteiger partial charge in [0.15, 0.2) is 0 Å². The molecule has 2 rings (SSSR count). The average Bonchev–Trinajstić information content (AvgIpc) is 2.38. The lowest BCUT2D eigenvalue weighted by Gasteiger charge is -2.29. The standard InChI is InChI=1S/C13H17NO3/c1-17-13(16)9-6-7-14-11(8-9)10-4-2-3-5-12(10)15/h2-5,9,11,14-15H,6-8H2,1H3. The summed E-state index contributed by atoms with van der Waals surface area (Å²) >= 11 is 0. The molecule has 0 aromatic heterocycles. The quantitative estimate of drug-likeness (QED) is 0.764. The van der Waals surface area contributed by atoms with Gasteiger partial charge in [0.05, 0.1) is 13.0 Å². The molecule has 0 aliphatic carbocycles. The molecule has 0 spiro atoms. The molecule has 0 bridgehead atoms. The second kappa shape index (κ2) is 5.19. The number of benzene rings is 1. The molecule has 2 atom stereocenters. The molecule has 1 aromatic carbocycles. The number of carbonyl (C=O) groups excluding carboxylic acids is 1. The lowest BCUT2D eigenvalue weighted by molar-refractivity contribution is -0.146. The number of ether oxygens (including phenoxy) is 1. The maximum absolute atomic E-state index is 11.5. The number of piperidine rings is 1. The van der Waals surface area contributed by atoms with Crippen LogP contribution < -0.4 is 5.32 Å². The van der Waals surface area contributed by atoms with Gasteiger partial charge in [0, 0.05) is 11.6 Å². The maximum Gasteiger partial charge on any atom is 0.308 e. The second-order valence-corrected chi connectivity index (χ2v) is 4.31. The van der Waals surface area contributed by atoms with E-state index >= 15 is 0 Å². The Labute approximate surface area is 101 Å². The molecule has 4 heteroatoms. The number of methoxy groups -OCH3 is 1. The van der Waals surface area contributed by atoms with E-state index in [0.29, 0.717) is 6.42 Å². The van der Waals surface area contributed by atoms with E-state index in [-0.39, 0.29) is 23.7 Å². The van der Waals surface area contributed by atoms with Crippen molar-refractivity contribution in [1.82, 2.24) is 5.32 Å². The Morgan fingerprint density at radius 1 is 1.47 bits per heavy atom. The lowest BCUT2D eigenvalue weighted by atomic mass is 9.88. The Hall–Kier alpha value is -1.55. The summed E-state index contributed by atoms with van der Waals surface area (Å²) < 4.78 is 4.77. The van der Waals surface area contributed by atoms with Crippen LogP contribution in [0.3, 0.4) is 0 Å². The van der Waals surface area contributed by atoms with Crippen LogP contribution in [0.5, 0.6) is 5.75 Å². The minimum absolute atomic E-state index is 0.0223. The third kappa shape index (κ3) is 2.58. The summed E-state index contributed by atoms with van der Waals surface area (Å²) in [6.07, 6.45) is 1.46. The fourth-order valence-electron chi connectivity index (χ4n) is 2.32. The summed E-state index contributed by atoms with van der Waals surface area (Å²) in [5.74, 6) is 0.0355. The van der Waals surface area contributed by atoms with Gasteiger partial charge in [-0.15, -0.1) is 0 Å². The first kappa shape index (κ1) is 11.9. The average molecular weight is 235 g/mol. The van der Waals surface area contributed by atoms with Crippen LogP contribution in [0.2, 0.25) is 0 Å². The highest BCUT2D eigenvalue weighted by atomic mass is 16.5. The number of hydrogen-bond donors (Lipinski definition) is 2. The molecule has 17 heavy (non-hydrogen) atoms. The predicted molar refractivity (Wildman–Crippen MR) is 63.6 cm³/mol. The zero-order valence-electron chi connectivity index (χ0n) is 9.85. The first-order chi connectivity index (χ1) is 8.22. The van der Waals surface area contributed by atoms with Gasteiger partial charge in [-0.3, -0.25) is 4.79 Å². The van der Waals surface area contributed by atoms with Gasteiger partial charge in [-0.25, -0.2) is 0 Å². The second-order valence-electron chi connectivity index (χ2n) is 4.31. The molecule has 92 valence electrons. The van der Waals surface area contributed by atoms with Crippen LogP contribution in [0.1, 0.15) is 24.4 Å². The van der Waals surface area contributed by atoms with Crippen molar-refractivity contribution < 1.29 is 14.6 Å². The number of para-hydroxylation sites is 1. The Morgan fingerprint density at radius 2 is 2.24 bits per heavy atom. The molecule has 1 aliphatic heterocycles. The number of phenols is 1. The van der Waals surface area contributed by atoms with Gasteiger partial charge >= 0.3 is 5.97 Å². The molecule has 4 nitrogen and oxygen atoms in total. The molecule has 1 aliphatic rings. The third-order valence-electron chi connectivity index (χ3n) is 3.25. The summed E-state index contributed by atoms with van der Waals surface area (Å²) in [6.45, 7) is 0.763. The highest BCUT2D eigenvalue weighted by Gasteiger charge is 2.29. The molecule has 1 saturated heterocycles. The van der Waals surface area contributed by atoms with Gasteiger partial charge in [0.2, 0.25) is 0 Å². The maximum atomic E-state index is 11.5. The van der Waals surface area contributed by atoms with Gasteiger partial charge in [0.25, 0.3) is 0 Å². The van der Waals surface area contributed by atoms with Crippen molar-refractivity contribution in [1.29, 1.82) is 0 Å². The van der Waals surface area contributed by atoms with Crippen molar-refractivity contribution in [3.63, 3.8) is 0 Å². The molecular weight excluding hydrogens is 218 g/mol. The SMILES string of the molecule is COC(=O)C1CCNC(c2ccccc2O)C1. The number of hydrogen-bond acceptors (Lipinski definition) is 4. The molecule has 1 fully saturated rings. The Balaban J connectivity index is 2.12. The van der Waals surface area contributed by atoms with E-state index < -0.39 is 0 Å². The van der Waals surface area contributed by atoms with Gasteiger partial charge in [0.1, 0.15) is 5.75 Å². The molecular formula is C13H17NO3. The van der Waals surface area contributed by atoms with Crippen LogP contribution in [0.15, 0.2) is 24.3 Å². The predicted octanol–water partition coefficient (Wildman–Crippen LogP) is 1.61. The van der Waals surface area contributed by atoms with E-state index in [2.05, 4.69) is 5.32 Å². The monoisotopic (exact) mass is 235 g/mol. The molecule has 0 amide bonds. The summed E-state index contributed by atoms with van der Waals surface area (Å²) in [7, 11) is 1.42. The van der Waals surface area contributed by atoms with Crippen molar-refractivity contribution in [3.8, 4) is 5.75 Å². The molecule has 2 N–H and O–H groups in total. The summed E-state index contributed by atoms with van der Waals surface area (Å²) in [6, 6.07) is 7.25. The largest absolute Gasteiger partial charge is 0.508 e. The molecule has 1 heterocycles. The van der Waals surface area contributed by atoms with Crippen molar-refractivity contribution in [3.05, 3.63) is 29.8 Å². The van der Waals surface area contributed by atoms with E-state index in [4.69, 9.17) is 4.74 Å². The number of esters is 1. The molecule has 0 radical (unpaired) electrons. The van der Waals surface area contributed by atoms with Crippen LogP contribution in [-0.4, -0.2) is 24.7 Å². The smallest absolute Gasteiger partial charge is 0.308 e. The van der Waals surface area contributed by atoms with Crippen LogP contribution in [-0.2, 0) is 9.53 Å². The lowest BCUT2D eigenvalue weighted by Crippen LogP contribution is -2.35. The number of nitrogens with one attached hydrogen (secondary N) is 1. The van der Waals surface area contributed by atoms with E-state index in [0.717, 1.165) is 18.5 Å². The highest BCUT2D eigenvalue weighted by Crippen LogP contribution is 2.32. The number of aromatic hydroxyl groups is 1. The van der Waals surface area contributed by atoms with Crippen molar-refractivity contribution in [2.45, 2.75) is 18.9 Å². The fraction of sp³-hybridized carbons (Fsp3) is 0.462. The van der Waals surface area contributed by atoms with Crippen LogP contribution >= 0.6 is 0 Å². The van der Waals surface area contributed by atoms with Crippen molar-refractivity contribution in [2.24, 2.45) is 5.92 Å². The topological polar surface area (TPSA) is 58.6 Å². The Bertz CT molecular complexity index is 405. The normalized spacial score (nSPS) is 24.3. The van der Waals surface area contributed by atoms with Crippen LogP contribution in [0.25, 0.3) is 0 Å². The molecule has 2 unspecified atom stereocenters. The first-order valence-corrected chi connectivity index (χ1v) is 5.81. The van der Waals surface area contributed by atoms with E-state index in [1.165, 1.54) is 7.11 Å². The van der Waals surface area contributed by atoms with E-state index in [1.807, 2.05) is 12.1 Å². The van der Waals surface area contributed by atoms with E-state index in [9.17, 15) is 9.90 Å². The van der Waals surface area contributed by atoms with Crippen molar-refractivity contribution in [2.75, 3.05) is 13.7 Å². The zero-order chi connectivity index (χ0) is 12.3. The number of phenolic OH excluding ortho intramolecular Hbond substituents is 1. The zero-order valence-corrected chi connectivity index (χ0v) is 9.85. The van der Waals surface area contributed by atoms with Gasteiger partial charge in [-0.05, 0) is 25.5 Å². The highest BCUT2D eigenvalue weighted by molar-refractivity contribution is 5.72. The van der Waals surface area contributed by atoms with Gasteiger partial charge in [-0.2, -0.15) is 0 Å². The number of carbonyl (C=O) groups is 1. The molecule has 1 aromatic rings. The minimum atomic E-state index is -0.160. The third-order valence-corrected chi connectivity index (χ3v) is 3.25. The Kier molecular flexibility index (Phi) is 3.64. The fourth-order valence-corrected chi connectivity index (χ4v) is 2.32. The summed E-state index contributed by atoms with van der Waals surface area (Å²) in [5, 5.41) is 13.1. The van der Waals surface area contributed by atoms with Gasteiger partial charge < -0.3 is 15.2 Å². The van der Waals surface area contributed by atoms with Crippen LogP contribution in [0, 0.1) is 5.92 Å². The minimum Gasteiger partial charge on any atom is -0.508 e. The summed E-state index contributed by atoms with van der Waals surface area (Å²) in [4.78, 5) is 11.5. The van der Waals surface area contributed by atoms with Crippen molar-refractivity contribution >= 4 is 5.97 Å². The Morgan fingerprint density at radius 3 is 2.94 bits per heavy atom. The number of rotatable bonds is 2. The summed E-state index contributed by atoms with van der Waals surface area (Å²) in [5.41, 5.74) is 0.848.